The number of carbonyl (C=O) groups excluding carboxylic acids is 1. The van der Waals surface area contributed by atoms with Crippen LogP contribution in [-0.4, -0.2) is 28.5 Å². The van der Waals surface area contributed by atoms with Crippen LogP contribution in [0.3, 0.4) is 0 Å². The third kappa shape index (κ3) is 4.48. The van der Waals surface area contributed by atoms with Gasteiger partial charge in [-0.2, -0.15) is 13.2 Å². The Hall–Kier alpha value is -2.76. The molecule has 1 fully saturated rings. The lowest BCUT2D eigenvalue weighted by Crippen LogP contribution is -2.38. The monoisotopic (exact) mass is 428 g/mol. The van der Waals surface area contributed by atoms with Gasteiger partial charge in [-0.3, -0.25) is 4.79 Å². The molecule has 3 aromatic rings. The SMILES string of the molecule is CC1CCN(C(=O)CC(c2cccc(C(F)(F)F)c2)c2cn(C)c3ccccc23)CC1. The fourth-order valence-corrected chi connectivity index (χ4v) is 4.55. The van der Waals surface area contributed by atoms with Gasteiger partial charge in [0.15, 0.2) is 0 Å². The number of rotatable bonds is 4. The van der Waals surface area contributed by atoms with Gasteiger partial charge < -0.3 is 9.47 Å². The number of aryl methyl sites for hydroxylation is 1. The van der Waals surface area contributed by atoms with Gasteiger partial charge in [0.1, 0.15) is 0 Å². The lowest BCUT2D eigenvalue weighted by atomic mass is 9.86. The van der Waals surface area contributed by atoms with Crippen LogP contribution in [0, 0.1) is 5.92 Å². The summed E-state index contributed by atoms with van der Waals surface area (Å²) in [6, 6.07) is 13.2. The van der Waals surface area contributed by atoms with E-state index in [1.165, 1.54) is 12.1 Å². The van der Waals surface area contributed by atoms with Crippen molar-refractivity contribution in [2.24, 2.45) is 13.0 Å². The van der Waals surface area contributed by atoms with E-state index in [0.29, 0.717) is 24.6 Å². The first-order chi connectivity index (χ1) is 14.7. The number of alkyl halides is 3. The molecular weight excluding hydrogens is 401 g/mol. The minimum Gasteiger partial charge on any atom is -0.350 e. The summed E-state index contributed by atoms with van der Waals surface area (Å²) >= 11 is 0. The standard InChI is InChI=1S/C25H27F3N2O/c1-17-10-12-30(13-11-17)24(31)15-21(18-6-5-7-19(14-18)25(26,27)28)22-16-29(2)23-9-4-3-8-20(22)23/h3-9,14,16-17,21H,10-13,15H2,1-2H3. The number of hydrogen-bond acceptors (Lipinski definition) is 1. The lowest BCUT2D eigenvalue weighted by Gasteiger charge is -2.31. The molecule has 1 unspecified atom stereocenters. The molecule has 0 radical (unpaired) electrons. The fraction of sp³-hybridized carbons (Fsp3) is 0.400. The van der Waals surface area contributed by atoms with Gasteiger partial charge in [0, 0.05) is 49.6 Å². The molecule has 1 saturated heterocycles. The molecule has 2 aromatic carbocycles. The van der Waals surface area contributed by atoms with E-state index in [4.69, 9.17) is 0 Å². The number of benzene rings is 2. The molecule has 0 N–H and O–H groups in total. The zero-order valence-electron chi connectivity index (χ0n) is 17.8. The molecule has 31 heavy (non-hydrogen) atoms. The number of fused-ring (bicyclic) bond motifs is 1. The Kier molecular flexibility index (Phi) is 5.82. The van der Waals surface area contributed by atoms with Crippen LogP contribution in [0.2, 0.25) is 0 Å². The summed E-state index contributed by atoms with van der Waals surface area (Å²) in [6.07, 6.45) is -0.389. The van der Waals surface area contributed by atoms with Crippen LogP contribution in [0.1, 0.15) is 48.8 Å². The molecule has 1 aliphatic rings. The maximum atomic E-state index is 13.4. The van der Waals surface area contributed by atoms with Crippen LogP contribution in [0.5, 0.6) is 0 Å². The van der Waals surface area contributed by atoms with Crippen LogP contribution < -0.4 is 0 Å². The molecule has 0 spiro atoms. The van der Waals surface area contributed by atoms with Crippen molar-refractivity contribution in [1.29, 1.82) is 0 Å². The van der Waals surface area contributed by atoms with Gasteiger partial charge in [-0.25, -0.2) is 0 Å². The van der Waals surface area contributed by atoms with Gasteiger partial charge in [-0.1, -0.05) is 43.3 Å². The number of hydrogen-bond donors (Lipinski definition) is 0. The van der Waals surface area contributed by atoms with E-state index >= 15 is 0 Å². The molecule has 0 bridgehead atoms. The van der Waals surface area contributed by atoms with E-state index in [1.807, 2.05) is 47.0 Å². The molecule has 1 aromatic heterocycles. The minimum atomic E-state index is -4.42. The topological polar surface area (TPSA) is 25.2 Å². The highest BCUT2D eigenvalue weighted by Gasteiger charge is 2.32. The summed E-state index contributed by atoms with van der Waals surface area (Å²) in [4.78, 5) is 15.1. The van der Waals surface area contributed by atoms with E-state index in [1.54, 1.807) is 6.07 Å². The van der Waals surface area contributed by atoms with Crippen molar-refractivity contribution in [1.82, 2.24) is 9.47 Å². The maximum Gasteiger partial charge on any atom is 0.416 e. The summed E-state index contributed by atoms with van der Waals surface area (Å²) in [5.74, 6) is 0.156. The first-order valence-electron chi connectivity index (χ1n) is 10.7. The molecule has 2 heterocycles. The molecule has 1 aliphatic heterocycles. The van der Waals surface area contributed by atoms with Crippen LogP contribution in [0.25, 0.3) is 10.9 Å². The molecule has 0 saturated carbocycles. The molecule has 0 aliphatic carbocycles. The van der Waals surface area contributed by atoms with Gasteiger partial charge in [0.05, 0.1) is 5.56 Å². The highest BCUT2D eigenvalue weighted by molar-refractivity contribution is 5.86. The second-order valence-electron chi connectivity index (χ2n) is 8.66. The van der Waals surface area contributed by atoms with Crippen molar-refractivity contribution < 1.29 is 18.0 Å². The van der Waals surface area contributed by atoms with Crippen LogP contribution in [0.4, 0.5) is 13.2 Å². The summed E-state index contributed by atoms with van der Waals surface area (Å²) in [6.45, 7) is 3.61. The number of amides is 1. The van der Waals surface area contributed by atoms with Crippen molar-refractivity contribution in [3.63, 3.8) is 0 Å². The Morgan fingerprint density at radius 3 is 2.52 bits per heavy atom. The molecule has 1 amide bonds. The van der Waals surface area contributed by atoms with Crippen molar-refractivity contribution >= 4 is 16.8 Å². The van der Waals surface area contributed by atoms with E-state index < -0.39 is 17.7 Å². The van der Waals surface area contributed by atoms with Crippen molar-refractivity contribution in [2.45, 2.75) is 38.3 Å². The van der Waals surface area contributed by atoms with Gasteiger partial charge in [0.25, 0.3) is 0 Å². The largest absolute Gasteiger partial charge is 0.416 e. The highest BCUT2D eigenvalue weighted by Crippen LogP contribution is 2.38. The van der Waals surface area contributed by atoms with E-state index in [-0.39, 0.29) is 12.3 Å². The zero-order chi connectivity index (χ0) is 22.2. The smallest absolute Gasteiger partial charge is 0.350 e. The number of aromatic nitrogens is 1. The molecule has 164 valence electrons. The van der Waals surface area contributed by atoms with Crippen molar-refractivity contribution in [3.05, 3.63) is 71.4 Å². The third-order valence-corrected chi connectivity index (χ3v) is 6.43. The van der Waals surface area contributed by atoms with Gasteiger partial charge in [-0.15, -0.1) is 0 Å². The predicted molar refractivity (Wildman–Crippen MR) is 116 cm³/mol. The molecule has 6 heteroatoms. The number of carbonyl (C=O) groups is 1. The van der Waals surface area contributed by atoms with Crippen LogP contribution >= 0.6 is 0 Å². The Balaban J connectivity index is 1.75. The number of para-hydroxylation sites is 1. The Labute approximate surface area is 180 Å². The number of halogens is 3. The zero-order valence-corrected chi connectivity index (χ0v) is 17.8. The van der Waals surface area contributed by atoms with Gasteiger partial charge in [0.2, 0.25) is 5.91 Å². The fourth-order valence-electron chi connectivity index (χ4n) is 4.55. The molecule has 4 rings (SSSR count). The second kappa shape index (κ2) is 8.40. The molecule has 1 atom stereocenters. The summed E-state index contributed by atoms with van der Waals surface area (Å²) in [5.41, 5.74) is 1.71. The predicted octanol–water partition coefficient (Wildman–Crippen LogP) is 5.98. The maximum absolute atomic E-state index is 13.4. The van der Waals surface area contributed by atoms with E-state index in [2.05, 4.69) is 6.92 Å². The molecule has 3 nitrogen and oxygen atoms in total. The first-order valence-corrected chi connectivity index (χ1v) is 10.7. The summed E-state index contributed by atoms with van der Waals surface area (Å²) in [7, 11) is 1.92. The van der Waals surface area contributed by atoms with Crippen molar-refractivity contribution in [3.8, 4) is 0 Å². The van der Waals surface area contributed by atoms with Gasteiger partial charge >= 0.3 is 6.18 Å². The number of likely N-dealkylation sites (tertiary alicyclic amines) is 1. The number of piperidine rings is 1. The minimum absolute atomic E-state index is 0.00208. The second-order valence-corrected chi connectivity index (χ2v) is 8.66. The number of nitrogens with zero attached hydrogens (tertiary/aromatic N) is 2. The summed E-state index contributed by atoms with van der Waals surface area (Å²) in [5, 5.41) is 0.965. The molecular formula is C25H27F3N2O. The average Bonchev–Trinajstić information content (AvgIpc) is 3.08. The van der Waals surface area contributed by atoms with E-state index in [0.717, 1.165) is 35.4 Å². The van der Waals surface area contributed by atoms with Crippen molar-refractivity contribution in [2.75, 3.05) is 13.1 Å². The van der Waals surface area contributed by atoms with Crippen LogP contribution in [0.15, 0.2) is 54.7 Å². The average molecular weight is 428 g/mol. The third-order valence-electron chi connectivity index (χ3n) is 6.43. The first kappa shape index (κ1) is 21.5. The van der Waals surface area contributed by atoms with Crippen LogP contribution in [-0.2, 0) is 18.0 Å². The lowest BCUT2D eigenvalue weighted by molar-refractivity contribution is -0.137. The highest BCUT2D eigenvalue weighted by atomic mass is 19.4. The Bertz CT molecular complexity index is 1080. The normalized spacial score (nSPS) is 16.6. The Morgan fingerprint density at radius 1 is 1.10 bits per heavy atom. The Morgan fingerprint density at radius 2 is 1.81 bits per heavy atom. The van der Waals surface area contributed by atoms with Gasteiger partial charge in [-0.05, 0) is 42.0 Å². The summed E-state index contributed by atoms with van der Waals surface area (Å²) < 4.78 is 42.2. The quantitative estimate of drug-likeness (QED) is 0.502. The van der Waals surface area contributed by atoms with E-state index in [9.17, 15) is 18.0 Å².